The molecule has 2 fully saturated rings. The van der Waals surface area contributed by atoms with Crippen molar-refractivity contribution in [2.24, 2.45) is 0 Å². The third-order valence-corrected chi connectivity index (χ3v) is 2.93. The zero-order chi connectivity index (χ0) is 8.23. The Hall–Kier alpha value is -0.0800. The number of likely N-dealkylation sites (tertiary alicyclic amines) is 1. The highest BCUT2D eigenvalue weighted by atomic mass is 16.5. The van der Waals surface area contributed by atoms with Crippen LogP contribution in [-0.4, -0.2) is 37.2 Å². The predicted molar refractivity (Wildman–Crippen MR) is 49.3 cm³/mol. The van der Waals surface area contributed by atoms with E-state index in [-0.39, 0.29) is 0 Å². The zero-order valence-electron chi connectivity index (χ0n) is 7.80. The van der Waals surface area contributed by atoms with Crippen molar-refractivity contribution in [2.45, 2.75) is 38.2 Å². The molecule has 2 aliphatic heterocycles. The van der Waals surface area contributed by atoms with Crippen LogP contribution in [0.4, 0.5) is 0 Å². The molecule has 2 aliphatic rings. The molecule has 0 aromatic heterocycles. The van der Waals surface area contributed by atoms with Crippen LogP contribution in [0.15, 0.2) is 0 Å². The van der Waals surface area contributed by atoms with Crippen LogP contribution in [0.3, 0.4) is 0 Å². The second-order valence-electron chi connectivity index (χ2n) is 4.00. The van der Waals surface area contributed by atoms with Gasteiger partial charge in [-0.2, -0.15) is 0 Å². The highest BCUT2D eigenvalue weighted by Crippen LogP contribution is 2.16. The van der Waals surface area contributed by atoms with E-state index in [9.17, 15) is 0 Å². The van der Waals surface area contributed by atoms with Crippen molar-refractivity contribution >= 4 is 0 Å². The summed E-state index contributed by atoms with van der Waals surface area (Å²) in [4.78, 5) is 2.57. The van der Waals surface area contributed by atoms with Crippen LogP contribution in [0.25, 0.3) is 0 Å². The van der Waals surface area contributed by atoms with Crippen molar-refractivity contribution in [2.75, 3.05) is 26.2 Å². The molecular formula is C10H19NO. The molecule has 0 spiro atoms. The van der Waals surface area contributed by atoms with Crippen LogP contribution in [0.2, 0.25) is 0 Å². The summed E-state index contributed by atoms with van der Waals surface area (Å²) < 4.78 is 5.61. The van der Waals surface area contributed by atoms with Gasteiger partial charge in [0.15, 0.2) is 0 Å². The first-order valence-corrected chi connectivity index (χ1v) is 5.29. The van der Waals surface area contributed by atoms with E-state index in [1.54, 1.807) is 0 Å². The molecule has 0 N–H and O–H groups in total. The maximum atomic E-state index is 5.61. The van der Waals surface area contributed by atoms with Gasteiger partial charge in [-0.05, 0) is 38.8 Å². The maximum absolute atomic E-state index is 5.61. The van der Waals surface area contributed by atoms with Gasteiger partial charge in [0.05, 0.1) is 6.10 Å². The predicted octanol–water partition coefficient (Wildman–Crippen LogP) is 1.65. The Bertz CT molecular complexity index is 126. The molecule has 12 heavy (non-hydrogen) atoms. The van der Waals surface area contributed by atoms with Crippen molar-refractivity contribution in [3.05, 3.63) is 0 Å². The molecule has 2 heterocycles. The monoisotopic (exact) mass is 169 g/mol. The Morgan fingerprint density at radius 3 is 2.58 bits per heavy atom. The Morgan fingerprint density at radius 2 is 1.92 bits per heavy atom. The van der Waals surface area contributed by atoms with E-state index in [2.05, 4.69) is 4.90 Å². The molecule has 2 rings (SSSR count). The lowest BCUT2D eigenvalue weighted by atomic mass is 10.1. The molecule has 0 bridgehead atoms. The summed E-state index contributed by atoms with van der Waals surface area (Å²) >= 11 is 0. The summed E-state index contributed by atoms with van der Waals surface area (Å²) in [6.07, 6.45) is 7.35. The fourth-order valence-electron chi connectivity index (χ4n) is 2.22. The van der Waals surface area contributed by atoms with Crippen LogP contribution in [-0.2, 0) is 4.74 Å². The minimum absolute atomic E-state index is 0.558. The molecule has 2 heteroatoms. The normalized spacial score (nSPS) is 32.5. The van der Waals surface area contributed by atoms with Gasteiger partial charge in [0, 0.05) is 13.2 Å². The zero-order valence-corrected chi connectivity index (χ0v) is 7.80. The van der Waals surface area contributed by atoms with Gasteiger partial charge in [0.25, 0.3) is 0 Å². The number of hydrogen-bond acceptors (Lipinski definition) is 2. The fourth-order valence-corrected chi connectivity index (χ4v) is 2.22. The molecule has 2 saturated heterocycles. The molecule has 70 valence electrons. The van der Waals surface area contributed by atoms with E-state index in [0.29, 0.717) is 6.10 Å². The molecule has 1 atom stereocenters. The lowest BCUT2D eigenvalue weighted by molar-refractivity contribution is 0.0667. The second kappa shape index (κ2) is 4.24. The van der Waals surface area contributed by atoms with Crippen LogP contribution < -0.4 is 0 Å². The van der Waals surface area contributed by atoms with Crippen molar-refractivity contribution in [1.29, 1.82) is 0 Å². The number of rotatable bonds is 2. The summed E-state index contributed by atoms with van der Waals surface area (Å²) in [6.45, 7) is 4.80. The van der Waals surface area contributed by atoms with Gasteiger partial charge in [-0.1, -0.05) is 6.42 Å². The Balaban J connectivity index is 1.69. The average Bonchev–Trinajstić information content (AvgIpc) is 2.59. The summed E-state index contributed by atoms with van der Waals surface area (Å²) in [7, 11) is 0. The summed E-state index contributed by atoms with van der Waals surface area (Å²) in [6, 6.07) is 0. The van der Waals surface area contributed by atoms with Crippen LogP contribution in [0.5, 0.6) is 0 Å². The van der Waals surface area contributed by atoms with Gasteiger partial charge >= 0.3 is 0 Å². The van der Waals surface area contributed by atoms with Crippen molar-refractivity contribution < 1.29 is 4.74 Å². The van der Waals surface area contributed by atoms with Crippen LogP contribution in [0.1, 0.15) is 32.1 Å². The molecule has 0 aromatic rings. The largest absolute Gasteiger partial charge is 0.377 e. The third-order valence-electron chi connectivity index (χ3n) is 2.93. The Morgan fingerprint density at radius 1 is 1.08 bits per heavy atom. The summed E-state index contributed by atoms with van der Waals surface area (Å²) in [5.41, 5.74) is 0. The highest BCUT2D eigenvalue weighted by Gasteiger charge is 2.19. The third kappa shape index (κ3) is 2.20. The van der Waals surface area contributed by atoms with E-state index in [1.807, 2.05) is 0 Å². The maximum Gasteiger partial charge on any atom is 0.0702 e. The first-order chi connectivity index (χ1) is 5.95. The smallest absolute Gasteiger partial charge is 0.0702 e. The van der Waals surface area contributed by atoms with Crippen molar-refractivity contribution in [3.8, 4) is 0 Å². The molecule has 0 amide bonds. The number of ether oxygens (including phenoxy) is 1. The number of piperidine rings is 1. The van der Waals surface area contributed by atoms with Gasteiger partial charge in [-0.15, -0.1) is 0 Å². The van der Waals surface area contributed by atoms with Crippen molar-refractivity contribution in [1.82, 2.24) is 4.90 Å². The van der Waals surface area contributed by atoms with Crippen LogP contribution >= 0.6 is 0 Å². The Labute approximate surface area is 74.9 Å². The minimum atomic E-state index is 0.558. The first-order valence-electron chi connectivity index (χ1n) is 5.29. The van der Waals surface area contributed by atoms with E-state index < -0.39 is 0 Å². The average molecular weight is 169 g/mol. The Kier molecular flexibility index (Phi) is 3.01. The molecule has 0 saturated carbocycles. The molecule has 0 unspecified atom stereocenters. The summed E-state index contributed by atoms with van der Waals surface area (Å²) in [5.74, 6) is 0. The first kappa shape index (κ1) is 8.52. The number of nitrogens with zero attached hydrogens (tertiary/aromatic N) is 1. The van der Waals surface area contributed by atoms with Gasteiger partial charge < -0.3 is 9.64 Å². The lowest BCUT2D eigenvalue weighted by Gasteiger charge is -2.28. The minimum Gasteiger partial charge on any atom is -0.377 e. The highest BCUT2D eigenvalue weighted by molar-refractivity contribution is 4.72. The quantitative estimate of drug-likeness (QED) is 0.623. The molecule has 0 aromatic carbocycles. The van der Waals surface area contributed by atoms with Gasteiger partial charge in [-0.3, -0.25) is 0 Å². The molecule has 2 nitrogen and oxygen atoms in total. The summed E-state index contributed by atoms with van der Waals surface area (Å²) in [5, 5.41) is 0. The lowest BCUT2D eigenvalue weighted by Crippen LogP contribution is -2.36. The topological polar surface area (TPSA) is 12.5 Å². The molecule has 0 radical (unpaired) electrons. The molecular weight excluding hydrogens is 150 g/mol. The van der Waals surface area contributed by atoms with Gasteiger partial charge in [-0.25, -0.2) is 0 Å². The number of hydrogen-bond donors (Lipinski definition) is 0. The van der Waals surface area contributed by atoms with Gasteiger partial charge in [0.1, 0.15) is 0 Å². The van der Waals surface area contributed by atoms with Crippen molar-refractivity contribution in [3.63, 3.8) is 0 Å². The fraction of sp³-hybridized carbons (Fsp3) is 1.00. The second-order valence-corrected chi connectivity index (χ2v) is 4.00. The standard InChI is InChI=1S/C10H19NO/c1-2-6-11(7-3-1)9-10-5-4-8-12-10/h10H,1-9H2/t10-/m1/s1. The molecule has 0 aliphatic carbocycles. The van der Waals surface area contributed by atoms with E-state index >= 15 is 0 Å². The van der Waals surface area contributed by atoms with Crippen LogP contribution in [0, 0.1) is 0 Å². The van der Waals surface area contributed by atoms with E-state index in [0.717, 1.165) is 6.61 Å². The van der Waals surface area contributed by atoms with E-state index in [4.69, 9.17) is 4.74 Å². The van der Waals surface area contributed by atoms with E-state index in [1.165, 1.54) is 51.7 Å². The SMILES string of the molecule is C1CCN(C[C@H]2CCCO2)CC1. The van der Waals surface area contributed by atoms with Gasteiger partial charge in [0.2, 0.25) is 0 Å².